The molecule has 4 N–H and O–H groups in total. The van der Waals surface area contributed by atoms with E-state index in [0.29, 0.717) is 27.8 Å². The number of thiophene rings is 1. The lowest BCUT2D eigenvalue weighted by atomic mass is 9.92. The second-order valence-corrected chi connectivity index (χ2v) is 7.83. The predicted octanol–water partition coefficient (Wildman–Crippen LogP) is 3.42. The van der Waals surface area contributed by atoms with E-state index >= 15 is 0 Å². The molecule has 0 atom stereocenters. The monoisotopic (exact) mass is 307 g/mol. The number of nitrogens with two attached hydrogens (primary N) is 1. The van der Waals surface area contributed by atoms with Gasteiger partial charge in [0.25, 0.3) is 5.91 Å². The average Bonchev–Trinajstić information content (AvgIpc) is 3.35. The van der Waals surface area contributed by atoms with Gasteiger partial charge in [0.05, 0.1) is 10.7 Å². The predicted molar refractivity (Wildman–Crippen MR) is 89.1 cm³/mol. The lowest BCUT2D eigenvalue weighted by molar-refractivity contribution is 0.0968. The van der Waals surface area contributed by atoms with E-state index < -0.39 is 0 Å². The van der Waals surface area contributed by atoms with Crippen molar-refractivity contribution < 1.29 is 4.79 Å². The molecule has 0 spiro atoms. The fourth-order valence-electron chi connectivity index (χ4n) is 3.02. The minimum Gasteiger partial charge on any atom is -0.397 e. The summed E-state index contributed by atoms with van der Waals surface area (Å²) in [7, 11) is 1.66. The highest BCUT2D eigenvalue weighted by Gasteiger charge is 2.45. The Hall–Kier alpha value is -1.23. The van der Waals surface area contributed by atoms with Crippen LogP contribution in [-0.4, -0.2) is 19.5 Å². The Morgan fingerprint density at radius 1 is 1.43 bits per heavy atom. The lowest BCUT2D eigenvalue weighted by Gasteiger charge is -2.20. The summed E-state index contributed by atoms with van der Waals surface area (Å²) < 4.78 is 0. The van der Waals surface area contributed by atoms with Crippen LogP contribution in [0.15, 0.2) is 0 Å². The van der Waals surface area contributed by atoms with Gasteiger partial charge in [-0.2, -0.15) is 0 Å². The van der Waals surface area contributed by atoms with Gasteiger partial charge < -0.3 is 16.4 Å². The number of anilines is 2. The highest BCUT2D eigenvalue weighted by molar-refractivity contribution is 7.18. The van der Waals surface area contributed by atoms with Crippen molar-refractivity contribution in [1.29, 1.82) is 0 Å². The van der Waals surface area contributed by atoms with Crippen LogP contribution in [0.25, 0.3) is 0 Å². The van der Waals surface area contributed by atoms with Crippen molar-refractivity contribution in [2.45, 2.75) is 45.4 Å². The van der Waals surface area contributed by atoms with Crippen LogP contribution >= 0.6 is 11.3 Å². The number of carbonyl (C=O) groups excluding carboxylic acids is 1. The Morgan fingerprint density at radius 3 is 2.57 bits per heavy atom. The van der Waals surface area contributed by atoms with Crippen LogP contribution in [0.2, 0.25) is 0 Å². The van der Waals surface area contributed by atoms with E-state index in [9.17, 15) is 4.79 Å². The van der Waals surface area contributed by atoms with E-state index in [0.717, 1.165) is 11.5 Å². The summed E-state index contributed by atoms with van der Waals surface area (Å²) in [5, 5.41) is 7.43. The highest BCUT2D eigenvalue weighted by atomic mass is 32.1. The molecule has 0 radical (unpaired) electrons. The van der Waals surface area contributed by atoms with Gasteiger partial charge in [-0.3, -0.25) is 4.79 Å². The Balaban J connectivity index is 1.82. The van der Waals surface area contributed by atoms with Crippen molar-refractivity contribution in [3.05, 3.63) is 10.4 Å². The summed E-state index contributed by atoms with van der Waals surface area (Å²) in [6, 6.07) is 0. The smallest absolute Gasteiger partial charge is 0.263 e. The van der Waals surface area contributed by atoms with Gasteiger partial charge in [0.15, 0.2) is 0 Å². The van der Waals surface area contributed by atoms with Gasteiger partial charge in [0.1, 0.15) is 4.88 Å². The van der Waals surface area contributed by atoms with Gasteiger partial charge >= 0.3 is 0 Å². The lowest BCUT2D eigenvalue weighted by Crippen LogP contribution is -2.20. The molecule has 2 saturated carbocycles. The molecular formula is C16H25N3OS. The van der Waals surface area contributed by atoms with E-state index in [1.165, 1.54) is 42.6 Å². The maximum absolute atomic E-state index is 12.0. The van der Waals surface area contributed by atoms with Crippen molar-refractivity contribution in [2.75, 3.05) is 24.6 Å². The largest absolute Gasteiger partial charge is 0.397 e. The first-order chi connectivity index (χ1) is 9.98. The van der Waals surface area contributed by atoms with Crippen LogP contribution < -0.4 is 16.4 Å². The molecule has 21 heavy (non-hydrogen) atoms. The zero-order chi connectivity index (χ0) is 15.2. The number of amides is 1. The van der Waals surface area contributed by atoms with E-state index in [-0.39, 0.29) is 5.91 Å². The first-order valence-corrected chi connectivity index (χ1v) is 8.68. The van der Waals surface area contributed by atoms with Crippen molar-refractivity contribution in [2.24, 2.45) is 11.3 Å². The van der Waals surface area contributed by atoms with Crippen LogP contribution in [0, 0.1) is 11.3 Å². The minimum absolute atomic E-state index is 0.0718. The van der Waals surface area contributed by atoms with Gasteiger partial charge in [-0.1, -0.05) is 13.8 Å². The summed E-state index contributed by atoms with van der Waals surface area (Å²) in [6.45, 7) is 5.60. The zero-order valence-electron chi connectivity index (χ0n) is 13.1. The Morgan fingerprint density at radius 2 is 2.10 bits per heavy atom. The minimum atomic E-state index is -0.0718. The van der Waals surface area contributed by atoms with Gasteiger partial charge in [0.2, 0.25) is 0 Å². The zero-order valence-corrected chi connectivity index (χ0v) is 13.9. The molecule has 0 unspecified atom stereocenters. The van der Waals surface area contributed by atoms with Crippen LogP contribution in [0.3, 0.4) is 0 Å². The molecule has 4 nitrogen and oxygen atoms in total. The molecule has 0 aromatic carbocycles. The summed E-state index contributed by atoms with van der Waals surface area (Å²) >= 11 is 1.52. The molecule has 1 aromatic rings. The highest BCUT2D eigenvalue weighted by Crippen LogP contribution is 2.54. The second-order valence-electron chi connectivity index (χ2n) is 6.81. The number of nitrogens with one attached hydrogen (secondary N) is 2. The number of rotatable bonds is 6. The fourth-order valence-corrected chi connectivity index (χ4v) is 4.17. The number of nitrogen functional groups attached to an aromatic ring is 1. The first kappa shape index (κ1) is 14.7. The molecular weight excluding hydrogens is 282 g/mol. The van der Waals surface area contributed by atoms with Crippen molar-refractivity contribution in [1.82, 2.24) is 5.32 Å². The summed E-state index contributed by atoms with van der Waals surface area (Å²) in [5.74, 6) is 1.18. The van der Waals surface area contributed by atoms with Crippen LogP contribution in [0.1, 0.15) is 60.7 Å². The Bertz CT molecular complexity index is 556. The van der Waals surface area contributed by atoms with Crippen molar-refractivity contribution in [3.8, 4) is 0 Å². The van der Waals surface area contributed by atoms with E-state index in [1.54, 1.807) is 7.05 Å². The molecule has 5 heteroatoms. The van der Waals surface area contributed by atoms with Gasteiger partial charge in [-0.15, -0.1) is 11.3 Å². The van der Waals surface area contributed by atoms with Gasteiger partial charge in [-0.05, 0) is 42.9 Å². The maximum Gasteiger partial charge on any atom is 0.263 e. The van der Waals surface area contributed by atoms with E-state index in [2.05, 4.69) is 24.5 Å². The average molecular weight is 307 g/mol. The first-order valence-electron chi connectivity index (χ1n) is 7.86. The number of hydrogen-bond donors (Lipinski definition) is 3. The SMILES string of the molecule is CNC(=O)c1sc(NCC2(C(C)C)CC2)c(C2CC2)c1N. The Kier molecular flexibility index (Phi) is 3.64. The van der Waals surface area contributed by atoms with Gasteiger partial charge in [0, 0.05) is 19.2 Å². The molecule has 0 aliphatic heterocycles. The normalized spacial score (nSPS) is 19.6. The van der Waals surface area contributed by atoms with E-state index in [1.807, 2.05) is 0 Å². The fraction of sp³-hybridized carbons (Fsp3) is 0.688. The molecule has 0 saturated heterocycles. The molecule has 2 aliphatic rings. The summed E-state index contributed by atoms with van der Waals surface area (Å²) in [6.07, 6.45) is 5.00. The molecule has 3 rings (SSSR count). The third kappa shape index (κ3) is 2.63. The summed E-state index contributed by atoms with van der Waals surface area (Å²) in [4.78, 5) is 12.6. The standard InChI is InChI=1S/C16H25N3OS/c1-9(2)16(6-7-16)8-19-15-11(10-4-5-10)12(17)13(21-15)14(20)18-3/h9-10,19H,4-8,17H2,1-3H3,(H,18,20). The van der Waals surface area contributed by atoms with Crippen molar-refractivity contribution >= 4 is 27.9 Å². The molecule has 2 aliphatic carbocycles. The quantitative estimate of drug-likeness (QED) is 0.754. The molecule has 1 aromatic heterocycles. The maximum atomic E-state index is 12.0. The molecule has 2 fully saturated rings. The number of hydrogen-bond acceptors (Lipinski definition) is 4. The molecule has 116 valence electrons. The van der Waals surface area contributed by atoms with Crippen LogP contribution in [0.5, 0.6) is 0 Å². The number of carbonyl (C=O) groups is 1. The summed E-state index contributed by atoms with van der Waals surface area (Å²) in [5.41, 5.74) is 8.58. The van der Waals surface area contributed by atoms with Gasteiger partial charge in [-0.25, -0.2) is 0 Å². The Labute approximate surface area is 130 Å². The molecule has 1 heterocycles. The molecule has 1 amide bonds. The third-order valence-corrected chi connectivity index (χ3v) is 6.30. The van der Waals surface area contributed by atoms with Crippen LogP contribution in [-0.2, 0) is 0 Å². The third-order valence-electron chi connectivity index (χ3n) is 5.12. The van der Waals surface area contributed by atoms with Crippen LogP contribution in [0.4, 0.5) is 10.7 Å². The van der Waals surface area contributed by atoms with E-state index in [4.69, 9.17) is 5.73 Å². The molecule has 0 bridgehead atoms. The topological polar surface area (TPSA) is 67.2 Å². The van der Waals surface area contributed by atoms with Crippen molar-refractivity contribution in [3.63, 3.8) is 0 Å². The second kappa shape index (κ2) is 5.20.